The zero-order chi connectivity index (χ0) is 16.9. The first-order valence-electron chi connectivity index (χ1n) is 7.25. The molecule has 0 saturated heterocycles. The number of para-hydroxylation sites is 1. The van der Waals surface area contributed by atoms with Crippen molar-refractivity contribution in [3.8, 4) is 0 Å². The predicted molar refractivity (Wildman–Crippen MR) is 105 cm³/mol. The molecule has 24 heavy (non-hydrogen) atoms. The molecule has 0 radical (unpaired) electrons. The number of nitrogens with one attached hydrogen (secondary N) is 3. The minimum absolute atomic E-state index is 0.204. The van der Waals surface area contributed by atoms with Crippen molar-refractivity contribution < 1.29 is 4.79 Å². The van der Waals surface area contributed by atoms with Crippen molar-refractivity contribution in [1.82, 2.24) is 10.7 Å². The number of hydrogen-bond donors (Lipinski definition) is 3. The topological polar surface area (TPSA) is 53.2 Å². The van der Waals surface area contributed by atoms with Crippen molar-refractivity contribution in [2.75, 3.05) is 5.43 Å². The van der Waals surface area contributed by atoms with Gasteiger partial charge in [0.15, 0.2) is 5.11 Å². The van der Waals surface area contributed by atoms with Gasteiger partial charge in [0, 0.05) is 10.0 Å². The van der Waals surface area contributed by atoms with E-state index in [4.69, 9.17) is 12.2 Å². The molecule has 6 heteroatoms. The lowest BCUT2D eigenvalue weighted by atomic mass is 10.0. The number of halogens is 1. The number of benzene rings is 3. The molecule has 4 nitrogen and oxygen atoms in total. The summed E-state index contributed by atoms with van der Waals surface area (Å²) < 4.78 is 0.945. The van der Waals surface area contributed by atoms with Gasteiger partial charge in [-0.1, -0.05) is 58.4 Å². The van der Waals surface area contributed by atoms with Crippen LogP contribution in [0.3, 0.4) is 0 Å². The Morgan fingerprint density at radius 1 is 0.875 bits per heavy atom. The van der Waals surface area contributed by atoms with E-state index >= 15 is 0 Å². The summed E-state index contributed by atoms with van der Waals surface area (Å²) in [6.45, 7) is 0. The Bertz CT molecular complexity index is 899. The predicted octanol–water partition coefficient (Wildman–Crippen LogP) is 4.23. The zero-order valence-electron chi connectivity index (χ0n) is 12.5. The maximum absolute atomic E-state index is 12.5. The van der Waals surface area contributed by atoms with Crippen LogP contribution in [0.4, 0.5) is 5.69 Å². The van der Waals surface area contributed by atoms with Crippen LogP contribution in [0.1, 0.15) is 10.4 Å². The second-order valence-corrected chi connectivity index (χ2v) is 6.30. The number of amides is 1. The minimum atomic E-state index is -0.258. The van der Waals surface area contributed by atoms with Gasteiger partial charge in [-0.05, 0) is 47.3 Å². The molecule has 3 aromatic carbocycles. The Labute approximate surface area is 153 Å². The third-order valence-corrected chi connectivity index (χ3v) is 4.33. The van der Waals surface area contributed by atoms with Gasteiger partial charge in [-0.25, -0.2) is 0 Å². The van der Waals surface area contributed by atoms with Crippen LogP contribution in [-0.2, 0) is 0 Å². The molecule has 0 atom stereocenters. The molecular weight excluding hydrogens is 386 g/mol. The van der Waals surface area contributed by atoms with E-state index in [2.05, 4.69) is 32.1 Å². The molecule has 120 valence electrons. The van der Waals surface area contributed by atoms with Gasteiger partial charge in [0.2, 0.25) is 0 Å². The number of carbonyl (C=O) groups is 1. The first-order chi connectivity index (χ1) is 11.6. The third-order valence-electron chi connectivity index (χ3n) is 3.43. The Morgan fingerprint density at radius 2 is 1.58 bits per heavy atom. The van der Waals surface area contributed by atoms with Gasteiger partial charge in [0.1, 0.15) is 0 Å². The molecule has 0 aromatic heterocycles. The average molecular weight is 400 g/mol. The van der Waals surface area contributed by atoms with Crippen LogP contribution in [0, 0.1) is 0 Å². The first-order valence-corrected chi connectivity index (χ1v) is 8.45. The van der Waals surface area contributed by atoms with Gasteiger partial charge >= 0.3 is 0 Å². The molecule has 0 aliphatic rings. The Balaban J connectivity index is 1.71. The molecule has 1 amide bonds. The Kier molecular flexibility index (Phi) is 5.08. The molecule has 0 spiro atoms. The van der Waals surface area contributed by atoms with E-state index in [0.717, 1.165) is 20.9 Å². The zero-order valence-corrected chi connectivity index (χ0v) is 14.9. The molecule has 3 aromatic rings. The summed E-state index contributed by atoms with van der Waals surface area (Å²) in [6, 6.07) is 20.8. The van der Waals surface area contributed by atoms with Crippen molar-refractivity contribution in [3.63, 3.8) is 0 Å². The molecule has 3 rings (SSSR count). The van der Waals surface area contributed by atoms with E-state index in [1.807, 2.05) is 60.7 Å². The van der Waals surface area contributed by atoms with Crippen LogP contribution in [0.15, 0.2) is 71.2 Å². The van der Waals surface area contributed by atoms with Gasteiger partial charge in [-0.15, -0.1) is 0 Å². The van der Waals surface area contributed by atoms with E-state index in [0.29, 0.717) is 5.56 Å². The quantitative estimate of drug-likeness (QED) is 0.455. The smallest absolute Gasteiger partial charge is 0.258 e. The fourth-order valence-electron chi connectivity index (χ4n) is 2.32. The molecule has 3 N–H and O–H groups in total. The molecule has 0 fully saturated rings. The van der Waals surface area contributed by atoms with Crippen LogP contribution in [0.2, 0.25) is 0 Å². The molecule has 0 aliphatic carbocycles. The summed E-state index contributed by atoms with van der Waals surface area (Å²) in [5, 5.41) is 4.73. The SMILES string of the molecule is O=C(NC(=S)NNc1ccccc1)c1cccc2c(Br)cccc12. The summed E-state index contributed by atoms with van der Waals surface area (Å²) in [4.78, 5) is 12.5. The number of carbonyl (C=O) groups excluding carboxylic acids is 1. The molecule has 0 heterocycles. The second kappa shape index (κ2) is 7.42. The second-order valence-electron chi connectivity index (χ2n) is 5.04. The van der Waals surface area contributed by atoms with E-state index in [-0.39, 0.29) is 11.0 Å². The lowest BCUT2D eigenvalue weighted by molar-refractivity contribution is 0.0978. The molecule has 0 saturated carbocycles. The lowest BCUT2D eigenvalue weighted by Crippen LogP contribution is -2.42. The highest BCUT2D eigenvalue weighted by atomic mass is 79.9. The summed E-state index contributed by atoms with van der Waals surface area (Å²) in [6.07, 6.45) is 0. The van der Waals surface area contributed by atoms with Crippen LogP contribution < -0.4 is 16.2 Å². The highest BCUT2D eigenvalue weighted by molar-refractivity contribution is 9.10. The largest absolute Gasteiger partial charge is 0.299 e. The Hall–Kier alpha value is -2.44. The van der Waals surface area contributed by atoms with Crippen molar-refractivity contribution in [1.29, 1.82) is 0 Å². The fourth-order valence-corrected chi connectivity index (χ4v) is 2.96. The van der Waals surface area contributed by atoms with Gasteiger partial charge in [-0.3, -0.25) is 21.0 Å². The van der Waals surface area contributed by atoms with Gasteiger partial charge in [0.25, 0.3) is 5.91 Å². The normalized spacial score (nSPS) is 10.2. The monoisotopic (exact) mass is 399 g/mol. The first kappa shape index (κ1) is 16.4. The number of thiocarbonyl (C=S) groups is 1. The molecular formula is C18H14BrN3OS. The summed E-state index contributed by atoms with van der Waals surface area (Å²) in [7, 11) is 0. The minimum Gasteiger partial charge on any atom is -0.299 e. The summed E-state index contributed by atoms with van der Waals surface area (Å²) in [5.74, 6) is -0.258. The Morgan fingerprint density at radius 3 is 2.38 bits per heavy atom. The summed E-state index contributed by atoms with van der Waals surface area (Å²) in [5.41, 5.74) is 7.15. The van der Waals surface area contributed by atoms with Crippen molar-refractivity contribution in [2.24, 2.45) is 0 Å². The highest BCUT2D eigenvalue weighted by Gasteiger charge is 2.12. The molecule has 0 bridgehead atoms. The molecule has 0 aliphatic heterocycles. The van der Waals surface area contributed by atoms with Crippen molar-refractivity contribution >= 4 is 55.6 Å². The van der Waals surface area contributed by atoms with E-state index in [1.54, 1.807) is 6.07 Å². The number of anilines is 1. The fraction of sp³-hybridized carbons (Fsp3) is 0. The number of hydrogen-bond acceptors (Lipinski definition) is 3. The standard InChI is InChI=1S/C18H14BrN3OS/c19-16-11-5-8-13-14(16)9-4-10-15(13)17(23)20-18(24)22-21-12-6-2-1-3-7-12/h1-11,21H,(H2,20,22,23,24). The van der Waals surface area contributed by atoms with E-state index < -0.39 is 0 Å². The van der Waals surface area contributed by atoms with Crippen LogP contribution in [0.5, 0.6) is 0 Å². The van der Waals surface area contributed by atoms with E-state index in [9.17, 15) is 4.79 Å². The van der Waals surface area contributed by atoms with Crippen molar-refractivity contribution in [2.45, 2.75) is 0 Å². The third kappa shape index (κ3) is 3.72. The lowest BCUT2D eigenvalue weighted by Gasteiger charge is -2.12. The van der Waals surface area contributed by atoms with Gasteiger partial charge in [0.05, 0.1) is 5.69 Å². The van der Waals surface area contributed by atoms with Crippen LogP contribution >= 0.6 is 28.1 Å². The number of rotatable bonds is 3. The van der Waals surface area contributed by atoms with Crippen molar-refractivity contribution in [3.05, 3.63) is 76.8 Å². The number of hydrazine groups is 1. The van der Waals surface area contributed by atoms with Gasteiger partial charge in [-0.2, -0.15) is 0 Å². The maximum Gasteiger partial charge on any atom is 0.258 e. The van der Waals surface area contributed by atoms with Crippen LogP contribution in [0.25, 0.3) is 10.8 Å². The van der Waals surface area contributed by atoms with E-state index in [1.165, 1.54) is 0 Å². The summed E-state index contributed by atoms with van der Waals surface area (Å²) >= 11 is 8.66. The molecule has 0 unspecified atom stereocenters. The number of fused-ring (bicyclic) bond motifs is 1. The highest BCUT2D eigenvalue weighted by Crippen LogP contribution is 2.26. The van der Waals surface area contributed by atoms with Crippen LogP contribution in [-0.4, -0.2) is 11.0 Å². The maximum atomic E-state index is 12.5. The van der Waals surface area contributed by atoms with Gasteiger partial charge < -0.3 is 0 Å². The average Bonchev–Trinajstić information content (AvgIpc) is 2.61.